The second kappa shape index (κ2) is 6.32. The number of halogens is 1. The Morgan fingerprint density at radius 3 is 2.90 bits per heavy atom. The van der Waals surface area contributed by atoms with Crippen LogP contribution in [0.1, 0.15) is 44.9 Å². The molecule has 0 aliphatic heterocycles. The average Bonchev–Trinajstić information content (AvgIpc) is 2.75. The highest BCUT2D eigenvalue weighted by Crippen LogP contribution is 2.31. The van der Waals surface area contributed by atoms with Crippen molar-refractivity contribution in [1.82, 2.24) is 0 Å². The van der Waals surface area contributed by atoms with Gasteiger partial charge in [0.1, 0.15) is 0 Å². The second-order valence-corrected chi connectivity index (χ2v) is 7.44. The number of carbonyl (C=O) groups excluding carboxylic acids is 1. The van der Waals surface area contributed by atoms with E-state index in [2.05, 4.69) is 27.3 Å². The summed E-state index contributed by atoms with van der Waals surface area (Å²) in [5, 5.41) is 3.02. The first kappa shape index (κ1) is 14.8. The molecule has 1 N–H and O–H groups in total. The molecule has 0 atom stereocenters. The SMILES string of the molecule is Cc1cccc(NC(=O)c2cc3c(s2)CCCCC3)c1Br. The highest BCUT2D eigenvalue weighted by Gasteiger charge is 2.17. The highest BCUT2D eigenvalue weighted by molar-refractivity contribution is 9.10. The maximum absolute atomic E-state index is 12.5. The number of rotatable bonds is 2. The van der Waals surface area contributed by atoms with Gasteiger partial charge in [-0.3, -0.25) is 4.79 Å². The van der Waals surface area contributed by atoms with Crippen molar-refractivity contribution in [3.8, 4) is 0 Å². The molecule has 0 saturated heterocycles. The monoisotopic (exact) mass is 363 g/mol. The molecule has 1 heterocycles. The molecule has 1 amide bonds. The summed E-state index contributed by atoms with van der Waals surface area (Å²) in [5.41, 5.74) is 3.34. The number of fused-ring (bicyclic) bond motifs is 1. The molecule has 2 aromatic rings. The van der Waals surface area contributed by atoms with Crippen molar-refractivity contribution in [2.45, 2.75) is 39.0 Å². The summed E-state index contributed by atoms with van der Waals surface area (Å²) in [7, 11) is 0. The Hall–Kier alpha value is -1.13. The molecule has 0 spiro atoms. The number of benzene rings is 1. The van der Waals surface area contributed by atoms with Crippen LogP contribution in [-0.4, -0.2) is 5.91 Å². The van der Waals surface area contributed by atoms with Crippen LogP contribution in [0, 0.1) is 6.92 Å². The standard InChI is InChI=1S/C17H18BrNOS/c1-11-6-5-8-13(16(11)18)19-17(20)15-10-12-7-3-2-4-9-14(12)21-15/h5-6,8,10H,2-4,7,9H2,1H3,(H,19,20). The molecule has 3 rings (SSSR count). The lowest BCUT2D eigenvalue weighted by Crippen LogP contribution is -2.10. The zero-order valence-corrected chi connectivity index (χ0v) is 14.4. The molecule has 1 aromatic carbocycles. The molecule has 4 heteroatoms. The van der Waals surface area contributed by atoms with Gasteiger partial charge in [0.15, 0.2) is 0 Å². The molecular formula is C17H18BrNOS. The summed E-state index contributed by atoms with van der Waals surface area (Å²) in [6.45, 7) is 2.02. The van der Waals surface area contributed by atoms with Gasteiger partial charge in [-0.1, -0.05) is 18.6 Å². The quantitative estimate of drug-likeness (QED) is 0.716. The van der Waals surface area contributed by atoms with E-state index in [1.807, 2.05) is 25.1 Å². The topological polar surface area (TPSA) is 29.1 Å². The van der Waals surface area contributed by atoms with Crippen LogP contribution in [0.25, 0.3) is 0 Å². The molecule has 0 unspecified atom stereocenters. The number of anilines is 1. The Morgan fingerprint density at radius 1 is 1.24 bits per heavy atom. The van der Waals surface area contributed by atoms with E-state index in [9.17, 15) is 4.79 Å². The largest absolute Gasteiger partial charge is 0.320 e. The minimum atomic E-state index is -0.000580. The van der Waals surface area contributed by atoms with Gasteiger partial charge >= 0.3 is 0 Å². The number of hydrogen-bond acceptors (Lipinski definition) is 2. The predicted octanol–water partition coefficient (Wildman–Crippen LogP) is 5.34. The summed E-state index contributed by atoms with van der Waals surface area (Å²) < 4.78 is 0.955. The molecule has 1 aliphatic rings. The minimum Gasteiger partial charge on any atom is -0.320 e. The fourth-order valence-electron chi connectivity index (χ4n) is 2.71. The van der Waals surface area contributed by atoms with Gasteiger partial charge in [0.25, 0.3) is 5.91 Å². The molecule has 1 aliphatic carbocycles. The lowest BCUT2D eigenvalue weighted by Gasteiger charge is -2.08. The molecule has 0 bridgehead atoms. The van der Waals surface area contributed by atoms with Crippen molar-refractivity contribution in [3.63, 3.8) is 0 Å². The lowest BCUT2D eigenvalue weighted by atomic mass is 10.1. The summed E-state index contributed by atoms with van der Waals surface area (Å²) >= 11 is 5.20. The fourth-order valence-corrected chi connectivity index (χ4v) is 4.22. The molecule has 0 radical (unpaired) electrons. The zero-order chi connectivity index (χ0) is 14.8. The van der Waals surface area contributed by atoms with Crippen LogP contribution in [-0.2, 0) is 12.8 Å². The molecule has 2 nitrogen and oxygen atoms in total. The maximum atomic E-state index is 12.5. The van der Waals surface area contributed by atoms with Crippen molar-refractivity contribution in [2.75, 3.05) is 5.32 Å². The smallest absolute Gasteiger partial charge is 0.265 e. The van der Waals surface area contributed by atoms with Crippen LogP contribution in [0.4, 0.5) is 5.69 Å². The van der Waals surface area contributed by atoms with E-state index in [1.165, 1.54) is 29.7 Å². The second-order valence-electron chi connectivity index (χ2n) is 5.51. The molecule has 0 saturated carbocycles. The Morgan fingerprint density at radius 2 is 2.05 bits per heavy atom. The molecule has 110 valence electrons. The normalized spacial score (nSPS) is 14.4. The van der Waals surface area contributed by atoms with Crippen molar-refractivity contribution < 1.29 is 4.79 Å². The first-order valence-corrected chi connectivity index (χ1v) is 8.94. The number of amides is 1. The van der Waals surface area contributed by atoms with E-state index >= 15 is 0 Å². The number of hydrogen-bond donors (Lipinski definition) is 1. The third kappa shape index (κ3) is 3.22. The third-order valence-corrected chi connectivity index (χ3v) is 6.20. The van der Waals surface area contributed by atoms with Gasteiger partial charge in [-0.05, 0) is 71.8 Å². The van der Waals surface area contributed by atoms with Crippen molar-refractivity contribution in [3.05, 3.63) is 49.6 Å². The molecule has 21 heavy (non-hydrogen) atoms. The van der Waals surface area contributed by atoms with Crippen LogP contribution in [0.15, 0.2) is 28.7 Å². The first-order valence-electron chi connectivity index (χ1n) is 7.33. The van der Waals surface area contributed by atoms with Crippen LogP contribution < -0.4 is 5.32 Å². The lowest BCUT2D eigenvalue weighted by molar-refractivity contribution is 0.103. The summed E-state index contributed by atoms with van der Waals surface area (Å²) in [6.07, 6.45) is 6.04. The van der Waals surface area contributed by atoms with Gasteiger partial charge < -0.3 is 5.32 Å². The van der Waals surface area contributed by atoms with Crippen LogP contribution in [0.3, 0.4) is 0 Å². The number of aryl methyl sites for hydroxylation is 3. The number of carbonyl (C=O) groups is 1. The van der Waals surface area contributed by atoms with Crippen LogP contribution >= 0.6 is 27.3 Å². The van der Waals surface area contributed by atoms with Crippen molar-refractivity contribution in [2.24, 2.45) is 0 Å². The van der Waals surface area contributed by atoms with E-state index in [0.29, 0.717) is 0 Å². The maximum Gasteiger partial charge on any atom is 0.265 e. The van der Waals surface area contributed by atoms with Crippen molar-refractivity contribution in [1.29, 1.82) is 0 Å². The Labute approximate surface area is 137 Å². The number of thiophene rings is 1. The zero-order valence-electron chi connectivity index (χ0n) is 12.0. The fraction of sp³-hybridized carbons (Fsp3) is 0.353. The van der Waals surface area contributed by atoms with Gasteiger partial charge in [0, 0.05) is 9.35 Å². The highest BCUT2D eigenvalue weighted by atomic mass is 79.9. The minimum absolute atomic E-state index is 0.000580. The molecular weight excluding hydrogens is 346 g/mol. The van der Waals surface area contributed by atoms with Gasteiger partial charge in [0.05, 0.1) is 10.6 Å². The summed E-state index contributed by atoms with van der Waals surface area (Å²) in [6, 6.07) is 7.99. The van der Waals surface area contributed by atoms with E-state index in [1.54, 1.807) is 11.3 Å². The Balaban J connectivity index is 1.81. The molecule has 0 fully saturated rings. The predicted molar refractivity (Wildman–Crippen MR) is 92.4 cm³/mol. The van der Waals surface area contributed by atoms with Gasteiger partial charge in [-0.25, -0.2) is 0 Å². The van der Waals surface area contributed by atoms with Crippen LogP contribution in [0.2, 0.25) is 0 Å². The molecule has 1 aromatic heterocycles. The number of nitrogens with one attached hydrogen (secondary N) is 1. The van der Waals surface area contributed by atoms with E-state index in [4.69, 9.17) is 0 Å². The van der Waals surface area contributed by atoms with Crippen molar-refractivity contribution >= 4 is 38.9 Å². The summed E-state index contributed by atoms with van der Waals surface area (Å²) in [5.74, 6) is -0.000580. The van der Waals surface area contributed by atoms with Crippen LogP contribution in [0.5, 0.6) is 0 Å². The average molecular weight is 364 g/mol. The van der Waals surface area contributed by atoms with E-state index in [0.717, 1.165) is 33.4 Å². The van der Waals surface area contributed by atoms with E-state index < -0.39 is 0 Å². The van der Waals surface area contributed by atoms with Gasteiger partial charge in [-0.15, -0.1) is 11.3 Å². The Bertz CT molecular complexity index is 654. The third-order valence-electron chi connectivity index (χ3n) is 3.91. The van der Waals surface area contributed by atoms with E-state index in [-0.39, 0.29) is 5.91 Å². The van der Waals surface area contributed by atoms with Gasteiger partial charge in [0.2, 0.25) is 0 Å². The first-order chi connectivity index (χ1) is 10.1. The Kier molecular flexibility index (Phi) is 4.45. The van der Waals surface area contributed by atoms with Gasteiger partial charge in [-0.2, -0.15) is 0 Å². The summed E-state index contributed by atoms with van der Waals surface area (Å²) in [4.78, 5) is 14.7.